The van der Waals surface area contributed by atoms with Crippen molar-refractivity contribution in [2.75, 3.05) is 10.6 Å². The van der Waals surface area contributed by atoms with Gasteiger partial charge >= 0.3 is 0 Å². The van der Waals surface area contributed by atoms with Crippen LogP contribution in [0.3, 0.4) is 0 Å². The van der Waals surface area contributed by atoms with E-state index in [0.717, 1.165) is 5.56 Å². The van der Waals surface area contributed by atoms with Crippen LogP contribution in [-0.4, -0.2) is 16.7 Å². The van der Waals surface area contributed by atoms with Gasteiger partial charge in [-0.25, -0.2) is 0 Å². The molecule has 0 atom stereocenters. The number of nitrogens with one attached hydrogen (secondary N) is 2. The van der Waals surface area contributed by atoms with Gasteiger partial charge in [-0.2, -0.15) is 0 Å². The number of carbonyl (C=O) groups excluding carboxylic acids is 2. The molecule has 0 spiro atoms. The van der Waals surface area contributed by atoms with E-state index in [1.807, 2.05) is 0 Å². The molecule has 0 saturated carbocycles. The molecule has 3 aromatic rings. The maximum atomic E-state index is 12.6. The molecular formula is C20H17N3O5. The smallest absolute Gasteiger partial charge is 0.291 e. The van der Waals surface area contributed by atoms with Crippen LogP contribution < -0.4 is 10.6 Å². The van der Waals surface area contributed by atoms with E-state index >= 15 is 0 Å². The summed E-state index contributed by atoms with van der Waals surface area (Å²) in [5, 5.41) is 16.4. The van der Waals surface area contributed by atoms with E-state index < -0.39 is 16.7 Å². The lowest BCUT2D eigenvalue weighted by atomic mass is 10.1. The van der Waals surface area contributed by atoms with Gasteiger partial charge in [-0.1, -0.05) is 12.1 Å². The number of nitro groups is 1. The standard InChI is InChI=1S/C20H17N3O5/c1-12-8-9-14(11-16(12)22-20(25)18-7-4-10-28-18)19(24)21-15-5-3-6-17(13(15)2)23(26)27/h3-11H,1-2H3,(H,21,24)(H,22,25). The molecule has 0 fully saturated rings. The highest BCUT2D eigenvalue weighted by Gasteiger charge is 2.17. The zero-order chi connectivity index (χ0) is 20.3. The number of hydrogen-bond donors (Lipinski definition) is 2. The fraction of sp³-hybridized carbons (Fsp3) is 0.100. The van der Waals surface area contributed by atoms with Gasteiger partial charge in [0, 0.05) is 17.3 Å². The van der Waals surface area contributed by atoms with Crippen LogP contribution in [0.25, 0.3) is 0 Å². The van der Waals surface area contributed by atoms with E-state index in [4.69, 9.17) is 4.42 Å². The van der Waals surface area contributed by atoms with Crippen molar-refractivity contribution in [2.24, 2.45) is 0 Å². The van der Waals surface area contributed by atoms with E-state index in [2.05, 4.69) is 10.6 Å². The third-order valence-electron chi connectivity index (χ3n) is 4.24. The number of benzene rings is 2. The summed E-state index contributed by atoms with van der Waals surface area (Å²) in [7, 11) is 0. The van der Waals surface area contributed by atoms with Crippen molar-refractivity contribution in [3.63, 3.8) is 0 Å². The van der Waals surface area contributed by atoms with Crippen LogP contribution in [0.2, 0.25) is 0 Å². The Morgan fingerprint density at radius 3 is 2.39 bits per heavy atom. The van der Waals surface area contributed by atoms with Crippen LogP contribution >= 0.6 is 0 Å². The first kappa shape index (κ1) is 18.8. The number of hydrogen-bond acceptors (Lipinski definition) is 5. The van der Waals surface area contributed by atoms with Crippen molar-refractivity contribution in [3.05, 3.63) is 87.4 Å². The fourth-order valence-electron chi connectivity index (χ4n) is 2.64. The summed E-state index contributed by atoms with van der Waals surface area (Å²) in [5.74, 6) is -0.723. The highest BCUT2D eigenvalue weighted by Crippen LogP contribution is 2.26. The van der Waals surface area contributed by atoms with Gasteiger partial charge in [0.05, 0.1) is 22.4 Å². The molecule has 8 nitrogen and oxygen atoms in total. The Kier molecular flexibility index (Phi) is 5.21. The Hall–Kier alpha value is -3.94. The van der Waals surface area contributed by atoms with Gasteiger partial charge in [0.2, 0.25) is 0 Å². The Morgan fingerprint density at radius 2 is 1.71 bits per heavy atom. The molecule has 8 heteroatoms. The molecule has 1 aromatic heterocycles. The number of rotatable bonds is 5. The maximum Gasteiger partial charge on any atom is 0.291 e. The Balaban J connectivity index is 1.82. The molecule has 0 bridgehead atoms. The fourth-order valence-corrected chi connectivity index (χ4v) is 2.64. The molecule has 0 aliphatic rings. The zero-order valence-electron chi connectivity index (χ0n) is 15.2. The van der Waals surface area contributed by atoms with Crippen LogP contribution in [0.4, 0.5) is 17.1 Å². The second kappa shape index (κ2) is 7.75. The Morgan fingerprint density at radius 1 is 0.964 bits per heavy atom. The molecule has 142 valence electrons. The summed E-state index contributed by atoms with van der Waals surface area (Å²) >= 11 is 0. The number of amides is 2. The summed E-state index contributed by atoms with van der Waals surface area (Å²) in [5.41, 5.74) is 2.16. The molecule has 1 heterocycles. The molecule has 28 heavy (non-hydrogen) atoms. The minimum absolute atomic E-state index is 0.0758. The Labute approximate surface area is 160 Å². The first-order valence-corrected chi connectivity index (χ1v) is 8.37. The first-order valence-electron chi connectivity index (χ1n) is 8.37. The lowest BCUT2D eigenvalue weighted by Crippen LogP contribution is -2.15. The molecule has 0 saturated heterocycles. The van der Waals surface area contributed by atoms with E-state index in [1.165, 1.54) is 30.5 Å². The number of furan rings is 1. The number of aryl methyl sites for hydroxylation is 1. The van der Waals surface area contributed by atoms with Gasteiger partial charge in [-0.15, -0.1) is 0 Å². The predicted molar refractivity (Wildman–Crippen MR) is 104 cm³/mol. The van der Waals surface area contributed by atoms with E-state index in [9.17, 15) is 19.7 Å². The third-order valence-corrected chi connectivity index (χ3v) is 4.24. The molecular weight excluding hydrogens is 362 g/mol. The number of nitro benzene ring substituents is 1. The number of carbonyl (C=O) groups is 2. The minimum atomic E-state index is -0.501. The van der Waals surface area contributed by atoms with Crippen molar-refractivity contribution in [1.29, 1.82) is 0 Å². The van der Waals surface area contributed by atoms with E-state index in [1.54, 1.807) is 38.1 Å². The lowest BCUT2D eigenvalue weighted by Gasteiger charge is -2.11. The van der Waals surface area contributed by atoms with Crippen LogP contribution in [0, 0.1) is 24.0 Å². The molecule has 2 aromatic carbocycles. The number of nitrogens with zero attached hydrogens (tertiary/aromatic N) is 1. The van der Waals surface area contributed by atoms with Crippen LogP contribution in [0.15, 0.2) is 59.2 Å². The quantitative estimate of drug-likeness (QED) is 0.506. The largest absolute Gasteiger partial charge is 0.459 e. The summed E-state index contributed by atoms with van der Waals surface area (Å²) in [6.45, 7) is 3.36. The molecule has 0 radical (unpaired) electrons. The molecule has 0 aliphatic carbocycles. The molecule has 3 rings (SSSR count). The van der Waals surface area contributed by atoms with Gasteiger partial charge in [0.1, 0.15) is 0 Å². The normalized spacial score (nSPS) is 10.4. The van der Waals surface area contributed by atoms with Crippen LogP contribution in [-0.2, 0) is 0 Å². The average molecular weight is 379 g/mol. The van der Waals surface area contributed by atoms with Crippen LogP contribution in [0.1, 0.15) is 32.0 Å². The average Bonchev–Trinajstić information content (AvgIpc) is 3.19. The number of anilines is 2. The molecule has 0 unspecified atom stereocenters. The van der Waals surface area contributed by atoms with Crippen molar-refractivity contribution in [2.45, 2.75) is 13.8 Å². The van der Waals surface area contributed by atoms with Crippen molar-refractivity contribution < 1.29 is 18.9 Å². The second-order valence-corrected chi connectivity index (χ2v) is 6.12. The topological polar surface area (TPSA) is 114 Å². The summed E-state index contributed by atoms with van der Waals surface area (Å²) in [4.78, 5) is 35.3. The maximum absolute atomic E-state index is 12.6. The van der Waals surface area contributed by atoms with Crippen molar-refractivity contribution >= 4 is 28.9 Å². The van der Waals surface area contributed by atoms with Crippen molar-refractivity contribution in [3.8, 4) is 0 Å². The molecule has 2 amide bonds. The van der Waals surface area contributed by atoms with Gasteiger partial charge in [-0.3, -0.25) is 19.7 Å². The predicted octanol–water partition coefficient (Wildman–Crippen LogP) is 4.31. The SMILES string of the molecule is Cc1ccc(C(=O)Nc2cccc([N+](=O)[O-])c2C)cc1NC(=O)c1ccco1. The van der Waals surface area contributed by atoms with Gasteiger partial charge in [0.25, 0.3) is 17.5 Å². The van der Waals surface area contributed by atoms with Crippen molar-refractivity contribution in [1.82, 2.24) is 0 Å². The zero-order valence-corrected chi connectivity index (χ0v) is 15.2. The monoisotopic (exact) mass is 379 g/mol. The van der Waals surface area contributed by atoms with Gasteiger partial charge < -0.3 is 15.1 Å². The summed E-state index contributed by atoms with van der Waals surface area (Å²) in [6.07, 6.45) is 1.40. The highest BCUT2D eigenvalue weighted by atomic mass is 16.6. The summed E-state index contributed by atoms with van der Waals surface area (Å²) in [6, 6.07) is 12.5. The minimum Gasteiger partial charge on any atom is -0.459 e. The van der Waals surface area contributed by atoms with Gasteiger partial charge in [-0.05, 0) is 49.7 Å². The summed E-state index contributed by atoms with van der Waals surface area (Å²) < 4.78 is 5.06. The Bertz CT molecular complexity index is 1060. The third kappa shape index (κ3) is 3.90. The van der Waals surface area contributed by atoms with E-state index in [0.29, 0.717) is 22.5 Å². The van der Waals surface area contributed by atoms with Crippen LogP contribution in [0.5, 0.6) is 0 Å². The van der Waals surface area contributed by atoms with Gasteiger partial charge in [0.15, 0.2) is 5.76 Å². The molecule has 2 N–H and O–H groups in total. The second-order valence-electron chi connectivity index (χ2n) is 6.12. The van der Waals surface area contributed by atoms with E-state index in [-0.39, 0.29) is 11.4 Å². The lowest BCUT2D eigenvalue weighted by molar-refractivity contribution is -0.385. The first-order chi connectivity index (χ1) is 13.4. The molecule has 0 aliphatic heterocycles. The highest BCUT2D eigenvalue weighted by molar-refractivity contribution is 6.07.